The van der Waals surface area contributed by atoms with Crippen LogP contribution in [0.1, 0.15) is 19.4 Å². The molecule has 1 saturated heterocycles. The summed E-state index contributed by atoms with van der Waals surface area (Å²) in [6, 6.07) is 12.0. The van der Waals surface area contributed by atoms with Crippen molar-refractivity contribution in [2.45, 2.75) is 26.5 Å². The summed E-state index contributed by atoms with van der Waals surface area (Å²) in [7, 11) is 0. The highest BCUT2D eigenvalue weighted by Crippen LogP contribution is 2.30. The zero-order valence-corrected chi connectivity index (χ0v) is 19.1. The van der Waals surface area contributed by atoms with E-state index in [4.69, 9.17) is 14.5 Å². The van der Waals surface area contributed by atoms with Crippen LogP contribution < -0.4 is 25.0 Å². The molecule has 0 radical (unpaired) electrons. The van der Waals surface area contributed by atoms with Crippen molar-refractivity contribution in [1.82, 2.24) is 20.5 Å². The average Bonchev–Trinajstić information content (AvgIpc) is 2.86. The lowest BCUT2D eigenvalue weighted by atomic mass is 10.2. The minimum atomic E-state index is -0.0666. The van der Waals surface area contributed by atoms with Crippen molar-refractivity contribution in [2.24, 2.45) is 4.99 Å². The van der Waals surface area contributed by atoms with E-state index in [0.717, 1.165) is 68.1 Å². The van der Waals surface area contributed by atoms with Gasteiger partial charge in [-0.1, -0.05) is 19.1 Å². The molecule has 4 rings (SSSR count). The van der Waals surface area contributed by atoms with Crippen LogP contribution in [0.2, 0.25) is 0 Å². The van der Waals surface area contributed by atoms with E-state index in [1.807, 2.05) is 36.5 Å². The third-order valence-corrected chi connectivity index (χ3v) is 5.78. The maximum absolute atomic E-state index is 6.03. The number of ether oxygens (including phenoxy) is 2. The number of nitrogens with zero attached hydrogens (tertiary/aromatic N) is 4. The van der Waals surface area contributed by atoms with Crippen molar-refractivity contribution in [3.05, 3.63) is 48.2 Å². The largest absolute Gasteiger partial charge is 0.486 e. The van der Waals surface area contributed by atoms with E-state index in [0.29, 0.717) is 19.7 Å². The van der Waals surface area contributed by atoms with E-state index in [2.05, 4.69) is 45.3 Å². The number of guanidine groups is 1. The molecule has 2 aliphatic heterocycles. The summed E-state index contributed by atoms with van der Waals surface area (Å²) in [6.45, 7) is 12.1. The van der Waals surface area contributed by atoms with Gasteiger partial charge in [0.15, 0.2) is 17.5 Å². The molecular weight excluding hydrogens is 404 g/mol. The van der Waals surface area contributed by atoms with Crippen molar-refractivity contribution in [3.63, 3.8) is 0 Å². The molecule has 1 unspecified atom stereocenters. The first kappa shape index (κ1) is 22.2. The van der Waals surface area contributed by atoms with Crippen LogP contribution >= 0.6 is 0 Å². The molecule has 2 aliphatic rings. The Labute approximate surface area is 190 Å². The van der Waals surface area contributed by atoms with E-state index in [9.17, 15) is 0 Å². The highest BCUT2D eigenvalue weighted by atomic mass is 16.6. The van der Waals surface area contributed by atoms with Crippen LogP contribution in [-0.4, -0.2) is 74.4 Å². The number of rotatable bonds is 7. The number of benzene rings is 1. The molecule has 2 aromatic rings. The van der Waals surface area contributed by atoms with Gasteiger partial charge in [0, 0.05) is 38.9 Å². The number of anilines is 1. The molecule has 0 bridgehead atoms. The standard InChI is InChI=1S/C24H34N6O2/c1-3-25-24(28-17-20-18-31-21-7-5-6-8-22(21)32-20)27-16-19-9-10-26-23(15-19)30-13-11-29(4-2)12-14-30/h5-10,15,20H,3-4,11-14,16-18H2,1-2H3,(H2,25,27,28). The van der Waals surface area contributed by atoms with Gasteiger partial charge >= 0.3 is 0 Å². The fraction of sp³-hybridized carbons (Fsp3) is 0.500. The van der Waals surface area contributed by atoms with Crippen molar-refractivity contribution in [1.29, 1.82) is 0 Å². The Bertz CT molecular complexity index is 898. The van der Waals surface area contributed by atoms with Gasteiger partial charge in [-0.3, -0.25) is 0 Å². The van der Waals surface area contributed by atoms with Gasteiger partial charge in [0.2, 0.25) is 0 Å². The van der Waals surface area contributed by atoms with Crippen molar-refractivity contribution >= 4 is 11.8 Å². The summed E-state index contributed by atoms with van der Waals surface area (Å²) in [5.74, 6) is 3.40. The Kier molecular flexibility index (Phi) is 7.66. The van der Waals surface area contributed by atoms with Gasteiger partial charge in [0.25, 0.3) is 0 Å². The van der Waals surface area contributed by atoms with Crippen molar-refractivity contribution in [2.75, 3.05) is 57.3 Å². The summed E-state index contributed by atoms with van der Waals surface area (Å²) in [4.78, 5) is 14.2. The molecule has 32 heavy (non-hydrogen) atoms. The van der Waals surface area contributed by atoms with Gasteiger partial charge in [-0.05, 0) is 43.3 Å². The molecule has 3 heterocycles. The smallest absolute Gasteiger partial charge is 0.191 e. The zero-order valence-electron chi connectivity index (χ0n) is 19.1. The molecule has 1 fully saturated rings. The topological polar surface area (TPSA) is 74.3 Å². The lowest BCUT2D eigenvalue weighted by molar-refractivity contribution is 0.0936. The molecule has 8 heteroatoms. The number of piperazine rings is 1. The lowest BCUT2D eigenvalue weighted by Crippen LogP contribution is -2.46. The van der Waals surface area contributed by atoms with Gasteiger partial charge < -0.3 is 29.9 Å². The Balaban J connectivity index is 1.32. The Hall–Kier alpha value is -3.00. The van der Waals surface area contributed by atoms with E-state index in [-0.39, 0.29) is 6.10 Å². The quantitative estimate of drug-likeness (QED) is 0.507. The SMILES string of the molecule is CCNC(=NCc1ccnc(N2CCN(CC)CC2)c1)NCC1COc2ccccc2O1. The molecule has 1 aromatic heterocycles. The van der Waals surface area contributed by atoms with Crippen LogP contribution in [-0.2, 0) is 6.54 Å². The summed E-state index contributed by atoms with van der Waals surface area (Å²) in [5, 5.41) is 6.69. The molecule has 1 atom stereocenters. The third-order valence-electron chi connectivity index (χ3n) is 5.78. The fourth-order valence-corrected chi connectivity index (χ4v) is 3.91. The van der Waals surface area contributed by atoms with Gasteiger partial charge in [-0.15, -0.1) is 0 Å². The van der Waals surface area contributed by atoms with Gasteiger partial charge in [0.1, 0.15) is 18.5 Å². The van der Waals surface area contributed by atoms with Crippen LogP contribution in [0.5, 0.6) is 11.5 Å². The minimum Gasteiger partial charge on any atom is -0.486 e. The van der Waals surface area contributed by atoms with Gasteiger partial charge in [-0.25, -0.2) is 9.98 Å². The second kappa shape index (κ2) is 11.0. The number of aromatic nitrogens is 1. The Morgan fingerprint density at radius 3 is 2.69 bits per heavy atom. The van der Waals surface area contributed by atoms with Crippen LogP contribution in [0.3, 0.4) is 0 Å². The van der Waals surface area contributed by atoms with Gasteiger partial charge in [-0.2, -0.15) is 0 Å². The Morgan fingerprint density at radius 2 is 1.91 bits per heavy atom. The summed E-state index contributed by atoms with van der Waals surface area (Å²) < 4.78 is 11.8. The number of hydrogen-bond donors (Lipinski definition) is 2. The number of para-hydroxylation sites is 2. The normalized spacial score (nSPS) is 19.0. The van der Waals surface area contributed by atoms with E-state index in [1.165, 1.54) is 0 Å². The highest BCUT2D eigenvalue weighted by molar-refractivity contribution is 5.79. The van der Waals surface area contributed by atoms with Crippen LogP contribution in [0.25, 0.3) is 0 Å². The predicted molar refractivity (Wildman–Crippen MR) is 128 cm³/mol. The third kappa shape index (κ3) is 5.82. The summed E-state index contributed by atoms with van der Waals surface area (Å²) in [5.41, 5.74) is 1.15. The molecular formula is C24H34N6O2. The minimum absolute atomic E-state index is 0.0666. The number of fused-ring (bicyclic) bond motifs is 1. The molecule has 0 aliphatic carbocycles. The first-order chi connectivity index (χ1) is 15.7. The maximum Gasteiger partial charge on any atom is 0.191 e. The lowest BCUT2D eigenvalue weighted by Gasteiger charge is -2.34. The second-order valence-electron chi connectivity index (χ2n) is 8.02. The molecule has 0 spiro atoms. The molecule has 1 aromatic carbocycles. The number of hydrogen-bond acceptors (Lipinski definition) is 6. The number of likely N-dealkylation sites (N-methyl/N-ethyl adjacent to an activating group) is 1. The second-order valence-corrected chi connectivity index (χ2v) is 8.02. The van der Waals surface area contributed by atoms with E-state index >= 15 is 0 Å². The summed E-state index contributed by atoms with van der Waals surface area (Å²) >= 11 is 0. The van der Waals surface area contributed by atoms with Crippen molar-refractivity contribution < 1.29 is 9.47 Å². The fourth-order valence-electron chi connectivity index (χ4n) is 3.91. The van der Waals surface area contributed by atoms with Crippen LogP contribution in [0.4, 0.5) is 5.82 Å². The molecule has 0 amide bonds. The molecule has 8 nitrogen and oxygen atoms in total. The number of nitrogens with one attached hydrogen (secondary N) is 2. The van der Waals surface area contributed by atoms with E-state index < -0.39 is 0 Å². The average molecular weight is 439 g/mol. The predicted octanol–water partition coefficient (Wildman–Crippen LogP) is 2.12. The monoisotopic (exact) mass is 438 g/mol. The zero-order chi connectivity index (χ0) is 22.2. The highest BCUT2D eigenvalue weighted by Gasteiger charge is 2.21. The number of pyridine rings is 1. The first-order valence-corrected chi connectivity index (χ1v) is 11.6. The Morgan fingerprint density at radius 1 is 1.09 bits per heavy atom. The molecule has 0 saturated carbocycles. The molecule has 2 N–H and O–H groups in total. The first-order valence-electron chi connectivity index (χ1n) is 11.6. The molecule has 172 valence electrons. The van der Waals surface area contributed by atoms with Crippen molar-refractivity contribution in [3.8, 4) is 11.5 Å². The van der Waals surface area contributed by atoms with Crippen LogP contribution in [0.15, 0.2) is 47.6 Å². The van der Waals surface area contributed by atoms with E-state index in [1.54, 1.807) is 0 Å². The van der Waals surface area contributed by atoms with Crippen LogP contribution in [0, 0.1) is 0 Å². The maximum atomic E-state index is 6.03. The number of aliphatic imine (C=N–C) groups is 1. The van der Waals surface area contributed by atoms with Gasteiger partial charge in [0.05, 0.1) is 13.1 Å². The summed E-state index contributed by atoms with van der Waals surface area (Å²) in [6.07, 6.45) is 1.82.